The predicted octanol–water partition coefficient (Wildman–Crippen LogP) is 1.10. The first-order valence-corrected chi connectivity index (χ1v) is 1.87. The molecule has 0 aromatic carbocycles. The molecule has 0 rings (SSSR count). The first-order valence-electron chi connectivity index (χ1n) is 1.87. The zero-order valence-electron chi connectivity index (χ0n) is 4.93. The van der Waals surface area contributed by atoms with Crippen molar-refractivity contribution in [1.82, 2.24) is 6.15 Å². The van der Waals surface area contributed by atoms with Crippen molar-refractivity contribution >= 4 is 5.97 Å². The smallest absolute Gasteiger partial charge is 0.305 e. The molecule has 44 valence electrons. The quantitative estimate of drug-likeness (QED) is 0.525. The Labute approximate surface area is 42.9 Å². The van der Waals surface area contributed by atoms with Gasteiger partial charge in [0.25, 0.3) is 0 Å². The fraction of sp³-hybridized carbons (Fsp3) is 0.750. The van der Waals surface area contributed by atoms with Crippen LogP contribution in [0.1, 0.15) is 13.8 Å². The van der Waals surface area contributed by atoms with E-state index >= 15 is 0 Å². The average molecular weight is 106 g/mol. The van der Waals surface area contributed by atoms with E-state index in [1.807, 2.05) is 0 Å². The Morgan fingerprint density at radius 2 is 1.71 bits per heavy atom. The maximum atomic E-state index is 9.70. The maximum Gasteiger partial charge on any atom is 0.305 e. The van der Waals surface area contributed by atoms with Crippen LogP contribution in [0.4, 0.5) is 0 Å². The van der Waals surface area contributed by atoms with Crippen LogP contribution in [0, 0.1) is 5.92 Å². The summed E-state index contributed by atoms with van der Waals surface area (Å²) < 4.78 is 0. The summed E-state index contributed by atoms with van der Waals surface area (Å²) in [5, 5.41) is 7.99. The van der Waals surface area contributed by atoms with Gasteiger partial charge in [0.15, 0.2) is 0 Å². The molecule has 0 amide bonds. The minimum atomic E-state index is -0.741. The Bertz CT molecular complexity index is 60.7. The van der Waals surface area contributed by atoms with Gasteiger partial charge in [0.1, 0.15) is 0 Å². The third kappa shape index (κ3) is 5.43. The molecule has 0 saturated heterocycles. The molecule has 0 radical (unpaired) electrons. The number of carboxylic acids is 1. The van der Waals surface area contributed by atoms with Crippen molar-refractivity contribution in [3.05, 3.63) is 0 Å². The standard InChI is InChI=1S/C4H8O2.H3N/c1-3(2)4(5)6;/h3H,1-2H3,(H,5,6);1H3/p+1. The molecule has 3 heteroatoms. The Morgan fingerprint density at radius 3 is 1.71 bits per heavy atom. The van der Waals surface area contributed by atoms with Gasteiger partial charge in [0.2, 0.25) is 0 Å². The highest BCUT2D eigenvalue weighted by molar-refractivity contribution is 5.68. The van der Waals surface area contributed by atoms with Gasteiger partial charge in [0, 0.05) is 0 Å². The lowest BCUT2D eigenvalue weighted by atomic mass is 10.2. The number of aliphatic carboxylic acids is 1. The van der Waals surface area contributed by atoms with Gasteiger partial charge in [-0.1, -0.05) is 13.8 Å². The molecular weight excluding hydrogens is 94.0 g/mol. The highest BCUT2D eigenvalue weighted by Crippen LogP contribution is 1.87. The number of hydrogen-bond acceptors (Lipinski definition) is 1. The van der Waals surface area contributed by atoms with Gasteiger partial charge in [-0.2, -0.15) is 0 Å². The van der Waals surface area contributed by atoms with E-state index in [0.717, 1.165) is 0 Å². The molecule has 0 unspecified atom stereocenters. The van der Waals surface area contributed by atoms with Crippen molar-refractivity contribution in [2.45, 2.75) is 13.8 Å². The minimum absolute atomic E-state index is 0. The Morgan fingerprint density at radius 1 is 1.57 bits per heavy atom. The summed E-state index contributed by atoms with van der Waals surface area (Å²) in [6.07, 6.45) is 0. The summed E-state index contributed by atoms with van der Waals surface area (Å²) in [6, 6.07) is 0. The SMILES string of the molecule is CC(C)C(=O)O.[NH4+]. The summed E-state index contributed by atoms with van der Waals surface area (Å²) in [7, 11) is 0. The number of carboxylic acid groups (broad SMARTS) is 1. The van der Waals surface area contributed by atoms with E-state index in [2.05, 4.69) is 0 Å². The van der Waals surface area contributed by atoms with Crippen LogP contribution in [-0.4, -0.2) is 11.1 Å². The van der Waals surface area contributed by atoms with Crippen LogP contribution in [0.2, 0.25) is 0 Å². The number of carbonyl (C=O) groups is 1. The van der Waals surface area contributed by atoms with Gasteiger partial charge in [-0.3, -0.25) is 4.79 Å². The van der Waals surface area contributed by atoms with Gasteiger partial charge >= 0.3 is 5.97 Å². The molecule has 3 nitrogen and oxygen atoms in total. The molecule has 7 heavy (non-hydrogen) atoms. The summed E-state index contributed by atoms with van der Waals surface area (Å²) in [5.41, 5.74) is 0. The largest absolute Gasteiger partial charge is 0.481 e. The fourth-order valence-electron chi connectivity index (χ4n) is 0. The second kappa shape index (κ2) is 3.61. The van der Waals surface area contributed by atoms with E-state index in [1.54, 1.807) is 13.8 Å². The van der Waals surface area contributed by atoms with E-state index in [1.165, 1.54) is 0 Å². The van der Waals surface area contributed by atoms with Crippen molar-refractivity contribution in [3.63, 3.8) is 0 Å². The second-order valence-corrected chi connectivity index (χ2v) is 1.49. The van der Waals surface area contributed by atoms with E-state index in [9.17, 15) is 4.79 Å². The van der Waals surface area contributed by atoms with Crippen LogP contribution < -0.4 is 6.15 Å². The van der Waals surface area contributed by atoms with E-state index in [4.69, 9.17) is 5.11 Å². The van der Waals surface area contributed by atoms with Gasteiger partial charge in [0.05, 0.1) is 5.92 Å². The molecule has 0 bridgehead atoms. The van der Waals surface area contributed by atoms with Crippen LogP contribution in [-0.2, 0) is 4.79 Å². The first kappa shape index (κ1) is 9.66. The average Bonchev–Trinajstić information content (AvgIpc) is 1.36. The Hall–Kier alpha value is -0.570. The lowest BCUT2D eigenvalue weighted by molar-refractivity contribution is -0.140. The summed E-state index contributed by atoms with van der Waals surface area (Å²) in [5.74, 6) is -0.972. The number of quaternary nitrogens is 1. The molecule has 5 N–H and O–H groups in total. The molecular formula is C4H12NO2+. The third-order valence-corrected chi connectivity index (χ3v) is 0.494. The van der Waals surface area contributed by atoms with Crippen LogP contribution in [0.25, 0.3) is 0 Å². The van der Waals surface area contributed by atoms with Crippen molar-refractivity contribution in [3.8, 4) is 0 Å². The Kier molecular flexibility index (Phi) is 4.99. The highest BCUT2D eigenvalue weighted by atomic mass is 16.4. The van der Waals surface area contributed by atoms with Crippen LogP contribution in [0.3, 0.4) is 0 Å². The molecule has 0 aromatic rings. The molecule has 0 saturated carbocycles. The van der Waals surface area contributed by atoms with Crippen LogP contribution >= 0.6 is 0 Å². The van der Waals surface area contributed by atoms with Crippen LogP contribution in [0.5, 0.6) is 0 Å². The predicted molar refractivity (Wildman–Crippen MR) is 28.5 cm³/mol. The molecule has 0 heterocycles. The second-order valence-electron chi connectivity index (χ2n) is 1.49. The van der Waals surface area contributed by atoms with Crippen LogP contribution in [0.15, 0.2) is 0 Å². The van der Waals surface area contributed by atoms with Gasteiger partial charge in [-0.25, -0.2) is 0 Å². The fourth-order valence-corrected chi connectivity index (χ4v) is 0. The topological polar surface area (TPSA) is 73.8 Å². The lowest BCUT2D eigenvalue weighted by Crippen LogP contribution is -2.03. The van der Waals surface area contributed by atoms with Crippen molar-refractivity contribution in [2.75, 3.05) is 0 Å². The molecule has 0 spiro atoms. The van der Waals surface area contributed by atoms with E-state index in [0.29, 0.717) is 0 Å². The normalized spacial score (nSPS) is 7.86. The van der Waals surface area contributed by atoms with Crippen molar-refractivity contribution in [1.29, 1.82) is 0 Å². The summed E-state index contributed by atoms with van der Waals surface area (Å²) in [6.45, 7) is 3.28. The number of hydrogen-bond donors (Lipinski definition) is 2. The van der Waals surface area contributed by atoms with E-state index in [-0.39, 0.29) is 12.1 Å². The first-order chi connectivity index (χ1) is 2.64. The lowest BCUT2D eigenvalue weighted by Gasteiger charge is -1.89. The van der Waals surface area contributed by atoms with Crippen molar-refractivity contribution < 1.29 is 9.90 Å². The zero-order valence-corrected chi connectivity index (χ0v) is 4.93. The third-order valence-electron chi connectivity index (χ3n) is 0.494. The van der Waals surface area contributed by atoms with E-state index < -0.39 is 5.97 Å². The molecule has 0 aliphatic heterocycles. The molecule has 0 aromatic heterocycles. The molecule has 0 aliphatic carbocycles. The number of rotatable bonds is 1. The minimum Gasteiger partial charge on any atom is -0.481 e. The zero-order chi connectivity index (χ0) is 5.15. The summed E-state index contributed by atoms with van der Waals surface area (Å²) in [4.78, 5) is 9.70. The van der Waals surface area contributed by atoms with Gasteiger partial charge in [-0.15, -0.1) is 0 Å². The van der Waals surface area contributed by atoms with Gasteiger partial charge in [-0.05, 0) is 0 Å². The monoisotopic (exact) mass is 106 g/mol. The molecule has 0 fully saturated rings. The molecule has 0 atom stereocenters. The highest BCUT2D eigenvalue weighted by Gasteiger charge is 1.99. The van der Waals surface area contributed by atoms with Crippen molar-refractivity contribution in [2.24, 2.45) is 5.92 Å². The maximum absolute atomic E-state index is 9.70. The molecule has 0 aliphatic rings. The summed E-state index contributed by atoms with van der Waals surface area (Å²) >= 11 is 0. The van der Waals surface area contributed by atoms with Gasteiger partial charge < -0.3 is 11.3 Å². The Balaban J connectivity index is 0.